The molecule has 0 fully saturated rings. The van der Waals surface area contributed by atoms with Gasteiger partial charge in [-0.25, -0.2) is 0 Å². The van der Waals surface area contributed by atoms with Crippen LogP contribution >= 0.6 is 0 Å². The number of aryl methyl sites for hydroxylation is 1. The Morgan fingerprint density at radius 3 is 2.67 bits per heavy atom. The number of hydrogen-bond donors (Lipinski definition) is 2. The molecule has 84 valence electrons. The number of H-pyrrole nitrogens is 1. The SMILES string of the molecule is Cc1[nH]nc(C(F)(F)F)c1C=CCCO. The van der Waals surface area contributed by atoms with Crippen molar-refractivity contribution in [2.45, 2.75) is 19.5 Å². The Balaban J connectivity index is 3.00. The van der Waals surface area contributed by atoms with E-state index in [1.54, 1.807) is 0 Å². The summed E-state index contributed by atoms with van der Waals surface area (Å²) in [6.07, 6.45) is -1.34. The zero-order chi connectivity index (χ0) is 11.5. The minimum Gasteiger partial charge on any atom is -0.396 e. The van der Waals surface area contributed by atoms with E-state index < -0.39 is 11.9 Å². The lowest BCUT2D eigenvalue weighted by Gasteiger charge is -2.03. The van der Waals surface area contributed by atoms with Gasteiger partial charge in [-0.2, -0.15) is 18.3 Å². The van der Waals surface area contributed by atoms with Crippen LogP contribution in [0, 0.1) is 6.92 Å². The normalized spacial score (nSPS) is 12.6. The Morgan fingerprint density at radius 1 is 1.47 bits per heavy atom. The third-order valence-electron chi connectivity index (χ3n) is 1.84. The van der Waals surface area contributed by atoms with Crippen molar-refractivity contribution in [1.82, 2.24) is 10.2 Å². The molecule has 0 bridgehead atoms. The van der Waals surface area contributed by atoms with Gasteiger partial charge in [0, 0.05) is 17.9 Å². The summed E-state index contributed by atoms with van der Waals surface area (Å²) in [4.78, 5) is 0. The summed E-state index contributed by atoms with van der Waals surface area (Å²) in [7, 11) is 0. The van der Waals surface area contributed by atoms with E-state index in [4.69, 9.17) is 5.11 Å². The summed E-state index contributed by atoms with van der Waals surface area (Å²) in [5.41, 5.74) is -0.540. The van der Waals surface area contributed by atoms with Crippen LogP contribution in [0.5, 0.6) is 0 Å². The third-order valence-corrected chi connectivity index (χ3v) is 1.84. The second kappa shape index (κ2) is 4.48. The van der Waals surface area contributed by atoms with Gasteiger partial charge in [0.2, 0.25) is 0 Å². The van der Waals surface area contributed by atoms with Crippen molar-refractivity contribution in [2.75, 3.05) is 6.61 Å². The molecule has 0 saturated heterocycles. The molecule has 1 aromatic heterocycles. The Bertz CT molecular complexity index is 355. The molecule has 0 aliphatic carbocycles. The third kappa shape index (κ3) is 2.82. The average Bonchev–Trinajstić information content (AvgIpc) is 2.48. The Hall–Kier alpha value is -1.30. The van der Waals surface area contributed by atoms with Crippen LogP contribution in [-0.4, -0.2) is 21.9 Å². The largest absolute Gasteiger partial charge is 0.435 e. The highest BCUT2D eigenvalue weighted by molar-refractivity contribution is 5.55. The maximum absolute atomic E-state index is 12.4. The first-order valence-corrected chi connectivity index (χ1v) is 4.36. The van der Waals surface area contributed by atoms with Crippen LogP contribution in [0.4, 0.5) is 13.2 Å². The molecule has 15 heavy (non-hydrogen) atoms. The number of nitrogens with one attached hydrogen (secondary N) is 1. The number of hydrogen-bond acceptors (Lipinski definition) is 2. The predicted molar refractivity (Wildman–Crippen MR) is 49.1 cm³/mol. The highest BCUT2D eigenvalue weighted by Crippen LogP contribution is 2.32. The minimum absolute atomic E-state index is 0.0240. The first-order chi connectivity index (χ1) is 6.96. The maximum Gasteiger partial charge on any atom is 0.435 e. The molecule has 3 nitrogen and oxygen atoms in total. The number of aliphatic hydroxyl groups excluding tert-OH is 1. The minimum atomic E-state index is -4.45. The van der Waals surface area contributed by atoms with Gasteiger partial charge in [-0.05, 0) is 13.3 Å². The molecule has 0 amide bonds. The van der Waals surface area contributed by atoms with Crippen molar-refractivity contribution < 1.29 is 18.3 Å². The lowest BCUT2D eigenvalue weighted by atomic mass is 10.1. The van der Waals surface area contributed by atoms with Crippen molar-refractivity contribution in [3.05, 3.63) is 23.0 Å². The van der Waals surface area contributed by atoms with Crippen LogP contribution < -0.4 is 0 Å². The summed E-state index contributed by atoms with van der Waals surface area (Å²) in [6.45, 7) is 1.43. The van der Waals surface area contributed by atoms with Crippen molar-refractivity contribution in [3.63, 3.8) is 0 Å². The summed E-state index contributed by atoms with van der Waals surface area (Å²) < 4.78 is 37.2. The zero-order valence-corrected chi connectivity index (χ0v) is 8.10. The van der Waals surface area contributed by atoms with E-state index >= 15 is 0 Å². The molecule has 0 aliphatic heterocycles. The number of nitrogens with zero attached hydrogens (tertiary/aromatic N) is 1. The van der Waals surface area contributed by atoms with Gasteiger partial charge >= 0.3 is 6.18 Å². The van der Waals surface area contributed by atoms with Crippen LogP contribution in [0.1, 0.15) is 23.4 Å². The van der Waals surface area contributed by atoms with E-state index in [9.17, 15) is 13.2 Å². The summed E-state index contributed by atoms with van der Waals surface area (Å²) in [6, 6.07) is 0. The molecule has 6 heteroatoms. The van der Waals surface area contributed by atoms with E-state index in [0.29, 0.717) is 12.1 Å². The van der Waals surface area contributed by atoms with Gasteiger partial charge in [-0.3, -0.25) is 5.10 Å². The second-order valence-corrected chi connectivity index (χ2v) is 3.02. The van der Waals surface area contributed by atoms with Gasteiger partial charge in [-0.1, -0.05) is 12.2 Å². The van der Waals surface area contributed by atoms with Gasteiger partial charge in [0.1, 0.15) is 0 Å². The van der Waals surface area contributed by atoms with Crippen LogP contribution in [0.2, 0.25) is 0 Å². The molecule has 0 aromatic carbocycles. The number of aliphatic hydroxyl groups is 1. The Kier molecular flexibility index (Phi) is 3.52. The quantitative estimate of drug-likeness (QED) is 0.819. The molecule has 0 unspecified atom stereocenters. The smallest absolute Gasteiger partial charge is 0.396 e. The number of aromatic amines is 1. The average molecular weight is 220 g/mol. The standard InChI is InChI=1S/C9H11F3N2O/c1-6-7(4-2-3-5-15)8(14-13-6)9(10,11)12/h2,4,15H,3,5H2,1H3,(H,13,14). The molecule has 0 radical (unpaired) electrons. The Morgan fingerprint density at radius 2 is 2.13 bits per heavy atom. The second-order valence-electron chi connectivity index (χ2n) is 3.02. The zero-order valence-electron chi connectivity index (χ0n) is 8.10. The molecule has 1 rings (SSSR count). The first kappa shape index (κ1) is 11.8. The number of rotatable bonds is 3. The van der Waals surface area contributed by atoms with Crippen molar-refractivity contribution in [2.24, 2.45) is 0 Å². The molecule has 0 aliphatic rings. The van der Waals surface area contributed by atoms with Gasteiger partial charge in [-0.15, -0.1) is 0 Å². The highest BCUT2D eigenvalue weighted by atomic mass is 19.4. The summed E-state index contributed by atoms with van der Waals surface area (Å²) in [5, 5.41) is 14.0. The molecular weight excluding hydrogens is 209 g/mol. The fourth-order valence-electron chi connectivity index (χ4n) is 1.13. The maximum atomic E-state index is 12.4. The number of alkyl halides is 3. The predicted octanol–water partition coefficient (Wildman–Crippen LogP) is 2.13. The molecular formula is C9H11F3N2O. The fraction of sp³-hybridized carbons (Fsp3) is 0.444. The van der Waals surface area contributed by atoms with Gasteiger partial charge in [0.15, 0.2) is 5.69 Å². The Labute approximate surface area is 84.6 Å². The van der Waals surface area contributed by atoms with E-state index in [2.05, 4.69) is 10.2 Å². The molecule has 0 atom stereocenters. The lowest BCUT2D eigenvalue weighted by Crippen LogP contribution is -2.07. The van der Waals surface area contributed by atoms with E-state index in [1.807, 2.05) is 0 Å². The van der Waals surface area contributed by atoms with Crippen molar-refractivity contribution in [1.29, 1.82) is 0 Å². The molecule has 0 spiro atoms. The summed E-state index contributed by atoms with van der Waals surface area (Å²) in [5.74, 6) is 0. The summed E-state index contributed by atoms with van der Waals surface area (Å²) >= 11 is 0. The number of aromatic nitrogens is 2. The van der Waals surface area contributed by atoms with E-state index in [0.717, 1.165) is 0 Å². The molecule has 2 N–H and O–H groups in total. The van der Waals surface area contributed by atoms with Crippen molar-refractivity contribution >= 4 is 6.08 Å². The molecule has 1 aromatic rings. The van der Waals surface area contributed by atoms with Crippen molar-refractivity contribution in [3.8, 4) is 0 Å². The first-order valence-electron chi connectivity index (χ1n) is 4.36. The van der Waals surface area contributed by atoms with Gasteiger partial charge in [0.05, 0.1) is 0 Å². The number of halogens is 3. The topological polar surface area (TPSA) is 48.9 Å². The fourth-order valence-corrected chi connectivity index (χ4v) is 1.13. The van der Waals surface area contributed by atoms with E-state index in [1.165, 1.54) is 19.1 Å². The highest BCUT2D eigenvalue weighted by Gasteiger charge is 2.36. The monoisotopic (exact) mass is 220 g/mol. The van der Waals surface area contributed by atoms with Crippen LogP contribution in [0.15, 0.2) is 6.08 Å². The molecule has 1 heterocycles. The lowest BCUT2D eigenvalue weighted by molar-refractivity contribution is -0.141. The van der Waals surface area contributed by atoms with E-state index in [-0.39, 0.29) is 12.2 Å². The van der Waals surface area contributed by atoms with Crippen LogP contribution in [-0.2, 0) is 6.18 Å². The van der Waals surface area contributed by atoms with Crippen LogP contribution in [0.3, 0.4) is 0 Å². The van der Waals surface area contributed by atoms with Gasteiger partial charge in [0.25, 0.3) is 0 Å². The van der Waals surface area contributed by atoms with Crippen LogP contribution in [0.25, 0.3) is 6.08 Å². The van der Waals surface area contributed by atoms with Gasteiger partial charge < -0.3 is 5.11 Å². The molecule has 0 saturated carbocycles.